The average Bonchev–Trinajstić information content (AvgIpc) is 2.48. The lowest BCUT2D eigenvalue weighted by atomic mass is 10.1. The molecule has 0 aromatic heterocycles. The Morgan fingerprint density at radius 1 is 1.26 bits per heavy atom. The molecular formula is C15H18F3N3O2. The normalized spacial score (nSPS) is 15.7. The minimum absolute atomic E-state index is 0.0229. The molecule has 2 amide bonds. The summed E-state index contributed by atoms with van der Waals surface area (Å²) in [5.74, 6) is -0.638. The first-order chi connectivity index (χ1) is 10.8. The maximum Gasteiger partial charge on any atom is 0.416 e. The van der Waals surface area contributed by atoms with Crippen molar-refractivity contribution >= 4 is 17.5 Å². The Morgan fingerprint density at radius 2 is 2.00 bits per heavy atom. The van der Waals surface area contributed by atoms with Crippen LogP contribution in [-0.4, -0.2) is 29.8 Å². The van der Waals surface area contributed by atoms with Gasteiger partial charge in [-0.3, -0.25) is 9.59 Å². The van der Waals surface area contributed by atoms with Crippen LogP contribution in [0.5, 0.6) is 0 Å². The van der Waals surface area contributed by atoms with Crippen molar-refractivity contribution in [2.75, 3.05) is 18.4 Å². The summed E-state index contributed by atoms with van der Waals surface area (Å²) in [5.41, 5.74) is 4.82. The quantitative estimate of drug-likeness (QED) is 0.888. The van der Waals surface area contributed by atoms with E-state index in [0.717, 1.165) is 25.0 Å². The number of benzene rings is 1. The first kappa shape index (κ1) is 17.3. The molecule has 0 bridgehead atoms. The van der Waals surface area contributed by atoms with E-state index < -0.39 is 17.6 Å². The number of anilines is 1. The van der Waals surface area contributed by atoms with E-state index in [1.807, 2.05) is 0 Å². The second kappa shape index (κ2) is 6.99. The molecule has 1 aliphatic heterocycles. The SMILES string of the molecule is NCc1cc(NC(=O)CN2CCCCC2=O)cc(C(F)(F)F)c1. The molecule has 1 heterocycles. The number of likely N-dealkylation sites (tertiary alicyclic amines) is 1. The predicted octanol–water partition coefficient (Wildman–Crippen LogP) is 2.12. The maximum absolute atomic E-state index is 12.8. The van der Waals surface area contributed by atoms with Crippen LogP contribution in [0.15, 0.2) is 18.2 Å². The fraction of sp³-hybridized carbons (Fsp3) is 0.467. The molecule has 2 rings (SSSR count). The molecule has 1 saturated heterocycles. The summed E-state index contributed by atoms with van der Waals surface area (Å²) in [5, 5.41) is 2.41. The number of halogens is 3. The number of carbonyl (C=O) groups excluding carboxylic acids is 2. The molecule has 1 aromatic carbocycles. The Bertz CT molecular complexity index is 602. The van der Waals surface area contributed by atoms with Crippen LogP contribution in [0.1, 0.15) is 30.4 Å². The van der Waals surface area contributed by atoms with Crippen molar-refractivity contribution in [3.8, 4) is 0 Å². The summed E-state index contributed by atoms with van der Waals surface area (Å²) < 4.78 is 38.5. The van der Waals surface area contributed by atoms with E-state index in [1.54, 1.807) is 0 Å². The smallest absolute Gasteiger partial charge is 0.333 e. The number of carbonyl (C=O) groups is 2. The van der Waals surface area contributed by atoms with E-state index in [9.17, 15) is 22.8 Å². The van der Waals surface area contributed by atoms with Crippen molar-refractivity contribution in [1.82, 2.24) is 4.90 Å². The Labute approximate surface area is 131 Å². The van der Waals surface area contributed by atoms with Gasteiger partial charge in [-0.25, -0.2) is 0 Å². The first-order valence-electron chi connectivity index (χ1n) is 7.28. The van der Waals surface area contributed by atoms with Crippen molar-refractivity contribution < 1.29 is 22.8 Å². The molecule has 0 atom stereocenters. The van der Waals surface area contributed by atoms with Crippen LogP contribution in [0.2, 0.25) is 0 Å². The van der Waals surface area contributed by atoms with E-state index in [-0.39, 0.29) is 30.2 Å². The van der Waals surface area contributed by atoms with E-state index >= 15 is 0 Å². The number of nitrogens with two attached hydrogens (primary N) is 1. The Morgan fingerprint density at radius 3 is 2.61 bits per heavy atom. The summed E-state index contributed by atoms with van der Waals surface area (Å²) in [7, 11) is 0. The number of nitrogens with one attached hydrogen (secondary N) is 1. The molecular weight excluding hydrogens is 311 g/mol. The number of hydrogen-bond donors (Lipinski definition) is 2. The molecule has 1 fully saturated rings. The van der Waals surface area contributed by atoms with Crippen molar-refractivity contribution in [3.05, 3.63) is 29.3 Å². The highest BCUT2D eigenvalue weighted by atomic mass is 19.4. The Hall–Kier alpha value is -2.09. The van der Waals surface area contributed by atoms with Crippen LogP contribution < -0.4 is 11.1 Å². The minimum atomic E-state index is -4.52. The highest BCUT2D eigenvalue weighted by Crippen LogP contribution is 2.32. The van der Waals surface area contributed by atoms with E-state index in [2.05, 4.69) is 5.32 Å². The molecule has 8 heteroatoms. The van der Waals surface area contributed by atoms with E-state index in [4.69, 9.17) is 5.73 Å². The molecule has 0 unspecified atom stereocenters. The van der Waals surface area contributed by atoms with Gasteiger partial charge < -0.3 is 16.0 Å². The summed E-state index contributed by atoms with van der Waals surface area (Å²) in [6, 6.07) is 3.20. The van der Waals surface area contributed by atoms with Gasteiger partial charge >= 0.3 is 6.18 Å². The largest absolute Gasteiger partial charge is 0.416 e. The molecule has 0 saturated carbocycles. The van der Waals surface area contributed by atoms with Gasteiger partial charge in [0, 0.05) is 25.2 Å². The number of rotatable bonds is 4. The number of nitrogens with zero attached hydrogens (tertiary/aromatic N) is 1. The monoisotopic (exact) mass is 329 g/mol. The second-order valence-electron chi connectivity index (χ2n) is 5.44. The first-order valence-corrected chi connectivity index (χ1v) is 7.28. The lowest BCUT2D eigenvalue weighted by Gasteiger charge is -2.26. The maximum atomic E-state index is 12.8. The lowest BCUT2D eigenvalue weighted by Crippen LogP contribution is -2.40. The second-order valence-corrected chi connectivity index (χ2v) is 5.44. The summed E-state index contributed by atoms with van der Waals surface area (Å²) in [6.45, 7) is 0.257. The zero-order chi connectivity index (χ0) is 17.0. The van der Waals surface area contributed by atoms with Crippen LogP contribution >= 0.6 is 0 Å². The molecule has 3 N–H and O–H groups in total. The third-order valence-corrected chi connectivity index (χ3v) is 3.60. The number of alkyl halides is 3. The average molecular weight is 329 g/mol. The highest BCUT2D eigenvalue weighted by molar-refractivity contribution is 5.94. The molecule has 0 spiro atoms. The van der Waals surface area contributed by atoms with Crippen LogP contribution in [0.4, 0.5) is 18.9 Å². The highest BCUT2D eigenvalue weighted by Gasteiger charge is 2.31. The molecule has 23 heavy (non-hydrogen) atoms. The fourth-order valence-electron chi connectivity index (χ4n) is 2.45. The zero-order valence-corrected chi connectivity index (χ0v) is 12.4. The molecule has 1 aromatic rings. The van der Waals surface area contributed by atoms with E-state index in [1.165, 1.54) is 11.0 Å². The lowest BCUT2D eigenvalue weighted by molar-refractivity contribution is -0.137. The van der Waals surface area contributed by atoms with Crippen molar-refractivity contribution in [2.24, 2.45) is 5.73 Å². The van der Waals surface area contributed by atoms with Gasteiger partial charge in [-0.2, -0.15) is 13.2 Å². The fourth-order valence-corrected chi connectivity index (χ4v) is 2.45. The van der Waals surface area contributed by atoms with Gasteiger partial charge in [0.1, 0.15) is 0 Å². The zero-order valence-electron chi connectivity index (χ0n) is 12.4. The number of piperidine rings is 1. The molecule has 126 valence electrons. The van der Waals surface area contributed by atoms with Crippen LogP contribution in [-0.2, 0) is 22.3 Å². The van der Waals surface area contributed by atoms with Gasteiger partial charge in [0.15, 0.2) is 0 Å². The van der Waals surface area contributed by atoms with Gasteiger partial charge in [-0.05, 0) is 36.6 Å². The van der Waals surface area contributed by atoms with Gasteiger partial charge in [-0.1, -0.05) is 0 Å². The van der Waals surface area contributed by atoms with Gasteiger partial charge in [0.2, 0.25) is 11.8 Å². The van der Waals surface area contributed by atoms with Crippen molar-refractivity contribution in [2.45, 2.75) is 32.0 Å². The third kappa shape index (κ3) is 4.69. The van der Waals surface area contributed by atoms with Crippen LogP contribution in [0, 0.1) is 0 Å². The van der Waals surface area contributed by atoms with Gasteiger partial charge in [0.25, 0.3) is 0 Å². The molecule has 0 aliphatic carbocycles. The molecule has 5 nitrogen and oxygen atoms in total. The van der Waals surface area contributed by atoms with Crippen molar-refractivity contribution in [1.29, 1.82) is 0 Å². The Kier molecular flexibility index (Phi) is 5.25. The van der Waals surface area contributed by atoms with Gasteiger partial charge in [0.05, 0.1) is 12.1 Å². The Balaban J connectivity index is 2.09. The van der Waals surface area contributed by atoms with Crippen LogP contribution in [0.25, 0.3) is 0 Å². The van der Waals surface area contributed by atoms with Gasteiger partial charge in [-0.15, -0.1) is 0 Å². The topological polar surface area (TPSA) is 75.4 Å². The third-order valence-electron chi connectivity index (χ3n) is 3.60. The number of amides is 2. The van der Waals surface area contributed by atoms with Crippen molar-refractivity contribution in [3.63, 3.8) is 0 Å². The predicted molar refractivity (Wildman–Crippen MR) is 78.4 cm³/mol. The molecule has 0 radical (unpaired) electrons. The van der Waals surface area contributed by atoms with E-state index in [0.29, 0.717) is 13.0 Å². The summed E-state index contributed by atoms with van der Waals surface area (Å²) >= 11 is 0. The molecule has 1 aliphatic rings. The van der Waals surface area contributed by atoms with Crippen LogP contribution in [0.3, 0.4) is 0 Å². The number of hydrogen-bond acceptors (Lipinski definition) is 3. The summed E-state index contributed by atoms with van der Waals surface area (Å²) in [4.78, 5) is 25.0. The minimum Gasteiger partial charge on any atom is -0.333 e. The standard InChI is InChI=1S/C15H18F3N3O2/c16-15(17,18)11-5-10(8-19)6-12(7-11)20-13(22)9-21-4-2-1-3-14(21)23/h5-7H,1-4,8-9,19H2,(H,20,22). The summed E-state index contributed by atoms with van der Waals surface area (Å²) in [6.07, 6.45) is -2.51.